The molecule has 2 rings (SSSR count). The fourth-order valence-corrected chi connectivity index (χ4v) is 2.69. The molecule has 7 nitrogen and oxygen atoms in total. The van der Waals surface area contributed by atoms with Crippen LogP contribution >= 0.6 is 0 Å². The molecule has 0 bridgehead atoms. The first kappa shape index (κ1) is 23.9. The summed E-state index contributed by atoms with van der Waals surface area (Å²) in [5.74, 6) is 1.43. The SMILES string of the molecule is CCCCOCCOCCN=C(NCC)NCCc1coc(-c2ccc(C)cc2)n1. The normalized spacial score (nSPS) is 11.6. The summed E-state index contributed by atoms with van der Waals surface area (Å²) in [6, 6.07) is 8.17. The summed E-state index contributed by atoms with van der Waals surface area (Å²) in [5.41, 5.74) is 3.13. The van der Waals surface area contributed by atoms with Crippen LogP contribution in [0.4, 0.5) is 0 Å². The van der Waals surface area contributed by atoms with Crippen molar-refractivity contribution in [1.29, 1.82) is 0 Å². The molecule has 0 saturated heterocycles. The second-order valence-corrected chi connectivity index (χ2v) is 7.03. The van der Waals surface area contributed by atoms with E-state index in [-0.39, 0.29) is 0 Å². The first-order chi connectivity index (χ1) is 14.7. The van der Waals surface area contributed by atoms with Gasteiger partial charge in [0.1, 0.15) is 6.26 Å². The molecule has 0 radical (unpaired) electrons. The molecule has 0 aliphatic heterocycles. The minimum absolute atomic E-state index is 0.580. The largest absolute Gasteiger partial charge is 0.444 e. The topological polar surface area (TPSA) is 80.9 Å². The van der Waals surface area contributed by atoms with Gasteiger partial charge in [-0.2, -0.15) is 0 Å². The zero-order valence-electron chi connectivity index (χ0n) is 18.6. The molecule has 30 heavy (non-hydrogen) atoms. The number of aromatic nitrogens is 1. The molecule has 0 spiro atoms. The Morgan fingerprint density at radius 3 is 2.53 bits per heavy atom. The van der Waals surface area contributed by atoms with Gasteiger partial charge in [0.25, 0.3) is 0 Å². The predicted octanol–water partition coefficient (Wildman–Crippen LogP) is 3.58. The Balaban J connectivity index is 1.66. The molecule has 0 aliphatic carbocycles. The molecule has 2 N–H and O–H groups in total. The van der Waals surface area contributed by atoms with Crippen LogP contribution in [0.1, 0.15) is 37.9 Å². The van der Waals surface area contributed by atoms with E-state index < -0.39 is 0 Å². The molecular weight excluding hydrogens is 380 g/mol. The molecule has 0 aliphatic rings. The zero-order chi connectivity index (χ0) is 21.4. The number of unbranched alkanes of at least 4 members (excludes halogenated alkanes) is 1. The smallest absolute Gasteiger partial charge is 0.226 e. The van der Waals surface area contributed by atoms with E-state index in [2.05, 4.69) is 46.6 Å². The average Bonchev–Trinajstić information content (AvgIpc) is 3.22. The maximum Gasteiger partial charge on any atom is 0.226 e. The predicted molar refractivity (Wildman–Crippen MR) is 121 cm³/mol. The minimum atomic E-state index is 0.580. The Kier molecular flexibility index (Phi) is 11.6. The maximum atomic E-state index is 5.62. The zero-order valence-corrected chi connectivity index (χ0v) is 18.6. The second kappa shape index (κ2) is 14.6. The number of ether oxygens (including phenoxy) is 2. The molecular formula is C23H36N4O3. The van der Waals surface area contributed by atoms with Crippen molar-refractivity contribution < 1.29 is 13.9 Å². The highest BCUT2D eigenvalue weighted by Crippen LogP contribution is 2.19. The van der Waals surface area contributed by atoms with Crippen LogP contribution in [0.5, 0.6) is 0 Å². The van der Waals surface area contributed by atoms with Gasteiger partial charge in [-0.15, -0.1) is 0 Å². The number of benzene rings is 1. The van der Waals surface area contributed by atoms with E-state index in [1.54, 1.807) is 6.26 Å². The molecule has 0 unspecified atom stereocenters. The van der Waals surface area contributed by atoms with Crippen molar-refractivity contribution in [3.63, 3.8) is 0 Å². The molecule has 0 fully saturated rings. The monoisotopic (exact) mass is 416 g/mol. The molecule has 1 aromatic carbocycles. The summed E-state index contributed by atoms with van der Waals surface area (Å²) >= 11 is 0. The fraction of sp³-hybridized carbons (Fsp3) is 0.565. The molecule has 0 atom stereocenters. The Morgan fingerprint density at radius 2 is 1.80 bits per heavy atom. The number of nitrogens with one attached hydrogen (secondary N) is 2. The van der Waals surface area contributed by atoms with Gasteiger partial charge < -0.3 is 24.5 Å². The average molecular weight is 417 g/mol. The molecule has 1 heterocycles. The van der Waals surface area contributed by atoms with Crippen LogP contribution in [0.15, 0.2) is 39.9 Å². The van der Waals surface area contributed by atoms with Crippen molar-refractivity contribution in [2.24, 2.45) is 4.99 Å². The number of oxazole rings is 1. The second-order valence-electron chi connectivity index (χ2n) is 7.03. The van der Waals surface area contributed by atoms with Gasteiger partial charge >= 0.3 is 0 Å². The van der Waals surface area contributed by atoms with Crippen molar-refractivity contribution >= 4 is 5.96 Å². The van der Waals surface area contributed by atoms with Gasteiger partial charge in [0.15, 0.2) is 5.96 Å². The summed E-state index contributed by atoms with van der Waals surface area (Å²) < 4.78 is 16.6. The lowest BCUT2D eigenvalue weighted by molar-refractivity contribution is 0.0497. The van der Waals surface area contributed by atoms with Gasteiger partial charge in [-0.3, -0.25) is 4.99 Å². The summed E-state index contributed by atoms with van der Waals surface area (Å²) in [7, 11) is 0. The van der Waals surface area contributed by atoms with Gasteiger partial charge in [-0.25, -0.2) is 4.98 Å². The van der Waals surface area contributed by atoms with Crippen LogP contribution in [0, 0.1) is 6.92 Å². The molecule has 0 saturated carbocycles. The van der Waals surface area contributed by atoms with Crippen LogP contribution < -0.4 is 10.6 Å². The minimum Gasteiger partial charge on any atom is -0.444 e. The third-order valence-electron chi connectivity index (χ3n) is 4.39. The molecule has 166 valence electrons. The van der Waals surface area contributed by atoms with E-state index in [4.69, 9.17) is 13.9 Å². The van der Waals surface area contributed by atoms with Crippen LogP contribution in [0.3, 0.4) is 0 Å². The summed E-state index contributed by atoms with van der Waals surface area (Å²) in [6.07, 6.45) is 4.73. The van der Waals surface area contributed by atoms with E-state index >= 15 is 0 Å². The van der Waals surface area contributed by atoms with E-state index in [9.17, 15) is 0 Å². The molecule has 0 amide bonds. The Labute approximate surface area is 180 Å². The number of aryl methyl sites for hydroxylation is 1. The fourth-order valence-electron chi connectivity index (χ4n) is 2.69. The Hall–Kier alpha value is -2.38. The highest BCUT2D eigenvalue weighted by molar-refractivity contribution is 5.79. The number of rotatable bonds is 14. The standard InChI is InChI=1S/C23H36N4O3/c1-4-6-14-28-16-17-29-15-13-26-23(24-5-2)25-12-11-21-18-30-22(27-21)20-9-7-19(3)8-10-20/h7-10,18H,4-6,11-17H2,1-3H3,(H2,24,25,26). The van der Waals surface area contributed by atoms with Gasteiger partial charge in [-0.05, 0) is 32.4 Å². The van der Waals surface area contributed by atoms with E-state index in [1.165, 1.54) is 5.56 Å². The van der Waals surface area contributed by atoms with Crippen LogP contribution in [0.25, 0.3) is 11.5 Å². The lowest BCUT2D eigenvalue weighted by Crippen LogP contribution is -2.38. The lowest BCUT2D eigenvalue weighted by atomic mass is 10.1. The maximum absolute atomic E-state index is 5.62. The Morgan fingerprint density at radius 1 is 1.03 bits per heavy atom. The number of aliphatic imine (C=N–C) groups is 1. The van der Waals surface area contributed by atoms with Crippen molar-refractivity contribution in [2.75, 3.05) is 46.1 Å². The van der Waals surface area contributed by atoms with E-state index in [0.717, 1.165) is 56.2 Å². The summed E-state index contributed by atoms with van der Waals surface area (Å²) in [5, 5.41) is 6.57. The quantitative estimate of drug-likeness (QED) is 0.278. The number of nitrogens with zero attached hydrogens (tertiary/aromatic N) is 2. The van der Waals surface area contributed by atoms with Crippen molar-refractivity contribution in [2.45, 2.75) is 40.0 Å². The third kappa shape index (κ3) is 9.41. The van der Waals surface area contributed by atoms with Gasteiger partial charge in [-0.1, -0.05) is 31.0 Å². The van der Waals surface area contributed by atoms with Crippen molar-refractivity contribution in [3.05, 3.63) is 41.8 Å². The lowest BCUT2D eigenvalue weighted by Gasteiger charge is -2.10. The van der Waals surface area contributed by atoms with Crippen LogP contribution in [-0.4, -0.2) is 57.0 Å². The van der Waals surface area contributed by atoms with Crippen molar-refractivity contribution in [1.82, 2.24) is 15.6 Å². The first-order valence-corrected chi connectivity index (χ1v) is 10.9. The third-order valence-corrected chi connectivity index (χ3v) is 4.39. The van der Waals surface area contributed by atoms with Crippen LogP contribution in [0.2, 0.25) is 0 Å². The highest BCUT2D eigenvalue weighted by atomic mass is 16.5. The van der Waals surface area contributed by atoms with E-state index in [0.29, 0.717) is 32.3 Å². The molecule has 1 aromatic heterocycles. The van der Waals surface area contributed by atoms with Gasteiger partial charge in [0.05, 0.1) is 32.1 Å². The van der Waals surface area contributed by atoms with E-state index in [1.807, 2.05) is 19.1 Å². The Bertz CT molecular complexity index is 728. The van der Waals surface area contributed by atoms with Gasteiger partial charge in [0.2, 0.25) is 5.89 Å². The molecule has 7 heteroatoms. The van der Waals surface area contributed by atoms with Crippen LogP contribution in [-0.2, 0) is 15.9 Å². The van der Waals surface area contributed by atoms with Crippen molar-refractivity contribution in [3.8, 4) is 11.5 Å². The highest BCUT2D eigenvalue weighted by Gasteiger charge is 2.07. The number of hydrogen-bond acceptors (Lipinski definition) is 5. The molecule has 2 aromatic rings. The van der Waals surface area contributed by atoms with Gasteiger partial charge in [0, 0.05) is 31.7 Å². The summed E-state index contributed by atoms with van der Waals surface area (Å²) in [4.78, 5) is 9.11. The summed E-state index contributed by atoms with van der Waals surface area (Å²) in [6.45, 7) is 11.0. The first-order valence-electron chi connectivity index (χ1n) is 10.9. The number of guanidine groups is 1. The number of hydrogen-bond donors (Lipinski definition) is 2.